The molecule has 1 aromatic carbocycles. The molecular weight excluding hydrogens is 455 g/mol. The van der Waals surface area contributed by atoms with Gasteiger partial charge in [0.2, 0.25) is 0 Å². The van der Waals surface area contributed by atoms with Gasteiger partial charge in [-0.05, 0) is 31.4 Å². The molecule has 2 N–H and O–H groups in total. The van der Waals surface area contributed by atoms with Gasteiger partial charge in [-0.25, -0.2) is 0 Å². The van der Waals surface area contributed by atoms with Crippen LogP contribution in [0.15, 0.2) is 29.3 Å². The van der Waals surface area contributed by atoms with E-state index in [1.165, 1.54) is 0 Å². The first kappa shape index (κ1) is 23.8. The minimum atomic E-state index is 0. The van der Waals surface area contributed by atoms with Gasteiger partial charge in [-0.1, -0.05) is 26.0 Å². The van der Waals surface area contributed by atoms with Crippen LogP contribution in [0.2, 0.25) is 0 Å². The first-order valence-corrected chi connectivity index (χ1v) is 9.75. The number of ether oxygens (including phenoxy) is 1. The highest BCUT2D eigenvalue weighted by Crippen LogP contribution is 2.27. The van der Waals surface area contributed by atoms with E-state index >= 15 is 0 Å². The number of aromatic hydroxyl groups is 1. The average molecular weight is 490 g/mol. The maximum Gasteiger partial charge on any atom is 0.194 e. The Balaban J connectivity index is 0.00000364. The zero-order valence-electron chi connectivity index (χ0n) is 16.9. The van der Waals surface area contributed by atoms with E-state index in [2.05, 4.69) is 35.9 Å². The molecule has 1 aliphatic rings. The molecule has 27 heavy (non-hydrogen) atoms. The second-order valence-corrected chi connectivity index (χ2v) is 7.02. The van der Waals surface area contributed by atoms with Crippen LogP contribution >= 0.6 is 24.0 Å². The van der Waals surface area contributed by atoms with E-state index in [9.17, 15) is 5.11 Å². The van der Waals surface area contributed by atoms with Crippen molar-refractivity contribution < 1.29 is 9.84 Å². The highest BCUT2D eigenvalue weighted by atomic mass is 127. The van der Waals surface area contributed by atoms with Crippen LogP contribution in [0, 0.1) is 5.92 Å². The van der Waals surface area contributed by atoms with Gasteiger partial charge in [0.25, 0.3) is 0 Å². The SMILES string of the molecule is CCNC(=NCCCOCC(C)C)N1CCN(c2ccccc2O)CC1.I. The summed E-state index contributed by atoms with van der Waals surface area (Å²) >= 11 is 0. The summed E-state index contributed by atoms with van der Waals surface area (Å²) in [6.45, 7) is 13.2. The van der Waals surface area contributed by atoms with Crippen LogP contribution in [0.3, 0.4) is 0 Å². The summed E-state index contributed by atoms with van der Waals surface area (Å²) in [6, 6.07) is 7.54. The van der Waals surface area contributed by atoms with E-state index in [4.69, 9.17) is 9.73 Å². The molecule has 0 spiro atoms. The molecule has 0 aromatic heterocycles. The molecule has 1 saturated heterocycles. The predicted molar refractivity (Wildman–Crippen MR) is 124 cm³/mol. The maximum atomic E-state index is 10.0. The Labute approximate surface area is 181 Å². The van der Waals surface area contributed by atoms with E-state index in [-0.39, 0.29) is 24.0 Å². The number of hydrogen-bond donors (Lipinski definition) is 2. The van der Waals surface area contributed by atoms with Gasteiger partial charge in [-0.3, -0.25) is 4.99 Å². The summed E-state index contributed by atoms with van der Waals surface area (Å²) in [5.41, 5.74) is 0.913. The second kappa shape index (κ2) is 13.0. The molecule has 0 atom stereocenters. The lowest BCUT2D eigenvalue weighted by Crippen LogP contribution is -2.52. The highest BCUT2D eigenvalue weighted by Gasteiger charge is 2.21. The van der Waals surface area contributed by atoms with Crippen LogP contribution in [-0.4, -0.2) is 68.4 Å². The molecule has 0 saturated carbocycles. The third-order valence-electron chi connectivity index (χ3n) is 4.30. The maximum absolute atomic E-state index is 10.0. The predicted octanol–water partition coefficient (Wildman–Crippen LogP) is 3.16. The summed E-state index contributed by atoms with van der Waals surface area (Å²) in [4.78, 5) is 9.28. The van der Waals surface area contributed by atoms with Gasteiger partial charge in [0.1, 0.15) is 5.75 Å². The van der Waals surface area contributed by atoms with E-state index in [1.54, 1.807) is 6.07 Å². The first-order chi connectivity index (χ1) is 12.6. The van der Waals surface area contributed by atoms with Crippen molar-refractivity contribution in [1.82, 2.24) is 10.2 Å². The minimum absolute atomic E-state index is 0. The van der Waals surface area contributed by atoms with Crippen molar-refractivity contribution in [1.29, 1.82) is 0 Å². The Morgan fingerprint density at radius 1 is 1.22 bits per heavy atom. The Bertz CT molecular complexity index is 561. The van der Waals surface area contributed by atoms with Gasteiger partial charge < -0.3 is 25.0 Å². The van der Waals surface area contributed by atoms with Crippen molar-refractivity contribution in [3.8, 4) is 5.75 Å². The number of halogens is 1. The molecule has 154 valence electrons. The van der Waals surface area contributed by atoms with Crippen LogP contribution in [-0.2, 0) is 4.74 Å². The fourth-order valence-corrected chi connectivity index (χ4v) is 2.99. The fraction of sp³-hybridized carbons (Fsp3) is 0.650. The van der Waals surface area contributed by atoms with Crippen molar-refractivity contribution in [2.75, 3.05) is 57.4 Å². The van der Waals surface area contributed by atoms with E-state index in [1.807, 2.05) is 18.2 Å². The molecule has 1 heterocycles. The van der Waals surface area contributed by atoms with Crippen molar-refractivity contribution in [2.24, 2.45) is 10.9 Å². The Morgan fingerprint density at radius 3 is 2.56 bits per heavy atom. The first-order valence-electron chi connectivity index (χ1n) is 9.75. The number of guanidine groups is 1. The van der Waals surface area contributed by atoms with Gasteiger partial charge in [-0.15, -0.1) is 24.0 Å². The molecule has 0 amide bonds. The topological polar surface area (TPSA) is 60.3 Å². The third-order valence-corrected chi connectivity index (χ3v) is 4.30. The number of aliphatic imine (C=N–C) groups is 1. The molecule has 6 nitrogen and oxygen atoms in total. The number of piperazine rings is 1. The Hall–Kier alpha value is -1.22. The number of nitrogens with zero attached hydrogens (tertiary/aromatic N) is 3. The fourth-order valence-electron chi connectivity index (χ4n) is 2.99. The number of nitrogens with one attached hydrogen (secondary N) is 1. The Morgan fingerprint density at radius 2 is 1.93 bits per heavy atom. The number of para-hydroxylation sites is 2. The summed E-state index contributed by atoms with van der Waals surface area (Å²) in [5.74, 6) is 1.91. The van der Waals surface area contributed by atoms with E-state index in [0.29, 0.717) is 11.7 Å². The molecular formula is C20H35IN4O2. The number of phenols is 1. The number of hydrogen-bond acceptors (Lipinski definition) is 4. The van der Waals surface area contributed by atoms with Crippen molar-refractivity contribution in [3.05, 3.63) is 24.3 Å². The monoisotopic (exact) mass is 490 g/mol. The zero-order chi connectivity index (χ0) is 18.8. The third kappa shape index (κ3) is 8.13. The van der Waals surface area contributed by atoms with Crippen LogP contribution in [0.5, 0.6) is 5.75 Å². The van der Waals surface area contributed by atoms with Crippen molar-refractivity contribution >= 4 is 35.6 Å². The summed E-state index contributed by atoms with van der Waals surface area (Å²) < 4.78 is 5.62. The van der Waals surface area contributed by atoms with Gasteiger partial charge in [-0.2, -0.15) is 0 Å². The normalized spacial score (nSPS) is 15.0. The smallest absolute Gasteiger partial charge is 0.194 e. The van der Waals surface area contributed by atoms with E-state index in [0.717, 1.165) is 70.6 Å². The lowest BCUT2D eigenvalue weighted by atomic mass is 10.2. The largest absolute Gasteiger partial charge is 0.506 e. The quantitative estimate of drug-likeness (QED) is 0.254. The molecule has 7 heteroatoms. The lowest BCUT2D eigenvalue weighted by molar-refractivity contribution is 0.109. The number of rotatable bonds is 8. The molecule has 1 fully saturated rings. The van der Waals surface area contributed by atoms with Gasteiger partial charge in [0.15, 0.2) is 5.96 Å². The molecule has 1 aliphatic heterocycles. The molecule has 0 unspecified atom stereocenters. The van der Waals surface area contributed by atoms with Crippen molar-refractivity contribution in [2.45, 2.75) is 27.2 Å². The molecule has 0 aliphatic carbocycles. The van der Waals surface area contributed by atoms with Crippen LogP contribution in [0.4, 0.5) is 5.69 Å². The van der Waals surface area contributed by atoms with Crippen LogP contribution in [0.25, 0.3) is 0 Å². The van der Waals surface area contributed by atoms with Gasteiger partial charge in [0.05, 0.1) is 5.69 Å². The summed E-state index contributed by atoms with van der Waals surface area (Å²) in [5, 5.41) is 13.4. The Kier molecular flexibility index (Phi) is 11.5. The zero-order valence-corrected chi connectivity index (χ0v) is 19.2. The number of anilines is 1. The van der Waals surface area contributed by atoms with Gasteiger partial charge >= 0.3 is 0 Å². The molecule has 0 bridgehead atoms. The average Bonchev–Trinajstić information content (AvgIpc) is 2.64. The highest BCUT2D eigenvalue weighted by molar-refractivity contribution is 14.0. The van der Waals surface area contributed by atoms with Gasteiger partial charge in [0, 0.05) is 52.5 Å². The molecule has 0 radical (unpaired) electrons. The second-order valence-electron chi connectivity index (χ2n) is 7.02. The molecule has 2 rings (SSSR count). The van der Waals surface area contributed by atoms with Crippen molar-refractivity contribution in [3.63, 3.8) is 0 Å². The number of phenolic OH excluding ortho intramolecular Hbond substituents is 1. The van der Waals surface area contributed by atoms with Crippen LogP contribution < -0.4 is 10.2 Å². The standard InChI is InChI=1S/C20H34N4O2.HI/c1-4-21-20(22-10-7-15-26-16-17(2)3)24-13-11-23(12-14-24)18-8-5-6-9-19(18)25;/h5-6,8-9,17,25H,4,7,10-16H2,1-3H3,(H,21,22);1H. The van der Waals surface area contributed by atoms with Crippen LogP contribution in [0.1, 0.15) is 27.2 Å². The summed E-state index contributed by atoms with van der Waals surface area (Å²) in [6.07, 6.45) is 0.944. The summed E-state index contributed by atoms with van der Waals surface area (Å²) in [7, 11) is 0. The molecule has 1 aromatic rings. The minimum Gasteiger partial charge on any atom is -0.506 e. The van der Waals surface area contributed by atoms with E-state index < -0.39 is 0 Å². The lowest BCUT2D eigenvalue weighted by Gasteiger charge is -2.37. The number of benzene rings is 1.